The lowest BCUT2D eigenvalue weighted by Crippen LogP contribution is -2.00. The van der Waals surface area contributed by atoms with Gasteiger partial charge < -0.3 is 9.47 Å². The molecule has 0 amide bonds. The minimum Gasteiger partial charge on any atom is -0.465 e. The standard InChI is InChI=1S/C32H22O4S/c1-35-31(33)27-19-13-23(14-20-27)11-17-25-7-3-5-9-29(25)37-30-10-6-4-8-26(30)18-12-24-15-21-28(22-16-24)32(34)36-2/h3-10,13-16,19-22H,1-2H3. The fraction of sp³-hybridized carbons (Fsp3) is 0.0625. The molecule has 0 saturated carbocycles. The van der Waals surface area contributed by atoms with Crippen LogP contribution < -0.4 is 0 Å². The van der Waals surface area contributed by atoms with Crippen LogP contribution in [0.4, 0.5) is 0 Å². The van der Waals surface area contributed by atoms with Gasteiger partial charge in [-0.15, -0.1) is 0 Å². The van der Waals surface area contributed by atoms with E-state index < -0.39 is 0 Å². The Kier molecular flexibility index (Phi) is 8.45. The molecule has 180 valence electrons. The molecule has 0 bridgehead atoms. The van der Waals surface area contributed by atoms with Crippen LogP contribution in [0, 0.1) is 23.7 Å². The number of carbonyl (C=O) groups excluding carboxylic acids is 2. The zero-order chi connectivity index (χ0) is 26.0. The quantitative estimate of drug-likeness (QED) is 0.245. The number of rotatable bonds is 4. The summed E-state index contributed by atoms with van der Waals surface area (Å²) in [5.41, 5.74) is 4.37. The first-order chi connectivity index (χ1) is 18.1. The molecular formula is C32H22O4S. The van der Waals surface area contributed by atoms with Gasteiger partial charge >= 0.3 is 11.9 Å². The van der Waals surface area contributed by atoms with Crippen LogP contribution in [-0.4, -0.2) is 26.2 Å². The van der Waals surface area contributed by atoms with Crippen molar-refractivity contribution in [3.63, 3.8) is 0 Å². The van der Waals surface area contributed by atoms with Crippen LogP contribution in [0.5, 0.6) is 0 Å². The fourth-order valence-electron chi connectivity index (χ4n) is 3.33. The highest BCUT2D eigenvalue weighted by atomic mass is 32.2. The smallest absolute Gasteiger partial charge is 0.337 e. The summed E-state index contributed by atoms with van der Waals surface area (Å²) in [6.07, 6.45) is 0. The summed E-state index contributed by atoms with van der Waals surface area (Å²) < 4.78 is 9.49. The number of benzene rings is 4. The Morgan fingerprint density at radius 3 is 1.30 bits per heavy atom. The van der Waals surface area contributed by atoms with E-state index in [0.717, 1.165) is 32.0 Å². The van der Waals surface area contributed by atoms with Crippen molar-refractivity contribution in [3.05, 3.63) is 130 Å². The molecule has 0 spiro atoms. The van der Waals surface area contributed by atoms with E-state index in [-0.39, 0.29) is 11.9 Å². The van der Waals surface area contributed by atoms with E-state index in [1.54, 1.807) is 60.3 Å². The molecule has 0 aliphatic rings. The van der Waals surface area contributed by atoms with Crippen molar-refractivity contribution < 1.29 is 19.1 Å². The molecule has 37 heavy (non-hydrogen) atoms. The second kappa shape index (κ2) is 12.3. The summed E-state index contributed by atoms with van der Waals surface area (Å²) in [4.78, 5) is 25.3. The molecule has 4 rings (SSSR count). The summed E-state index contributed by atoms with van der Waals surface area (Å²) in [5.74, 6) is 12.1. The Hall–Kier alpha value is -4.71. The van der Waals surface area contributed by atoms with Crippen molar-refractivity contribution in [3.8, 4) is 23.7 Å². The lowest BCUT2D eigenvalue weighted by atomic mass is 10.1. The van der Waals surface area contributed by atoms with Gasteiger partial charge in [0.05, 0.1) is 25.3 Å². The van der Waals surface area contributed by atoms with E-state index in [1.807, 2.05) is 48.5 Å². The van der Waals surface area contributed by atoms with Gasteiger partial charge in [-0.05, 0) is 72.8 Å². The maximum atomic E-state index is 11.6. The molecule has 4 aromatic rings. The van der Waals surface area contributed by atoms with Gasteiger partial charge in [0.15, 0.2) is 0 Å². The first-order valence-corrected chi connectivity index (χ1v) is 12.2. The molecule has 0 N–H and O–H groups in total. The van der Waals surface area contributed by atoms with Gasteiger partial charge in [-0.3, -0.25) is 0 Å². The van der Waals surface area contributed by atoms with Crippen LogP contribution in [0.25, 0.3) is 0 Å². The van der Waals surface area contributed by atoms with Crippen molar-refractivity contribution in [1.29, 1.82) is 0 Å². The zero-order valence-corrected chi connectivity index (χ0v) is 21.1. The fourth-order valence-corrected chi connectivity index (χ4v) is 4.32. The molecule has 4 aromatic carbocycles. The Balaban J connectivity index is 1.56. The molecule has 0 atom stereocenters. The average molecular weight is 503 g/mol. The van der Waals surface area contributed by atoms with Crippen LogP contribution in [0.15, 0.2) is 107 Å². The van der Waals surface area contributed by atoms with E-state index in [4.69, 9.17) is 9.47 Å². The van der Waals surface area contributed by atoms with Gasteiger partial charge in [0.25, 0.3) is 0 Å². The highest BCUT2D eigenvalue weighted by Gasteiger charge is 2.07. The molecule has 0 unspecified atom stereocenters. The molecule has 5 heteroatoms. The second-order valence-electron chi connectivity index (χ2n) is 7.73. The molecule has 0 fully saturated rings. The van der Waals surface area contributed by atoms with Crippen LogP contribution in [0.2, 0.25) is 0 Å². The molecule has 0 aromatic heterocycles. The highest BCUT2D eigenvalue weighted by Crippen LogP contribution is 2.32. The second-order valence-corrected chi connectivity index (χ2v) is 8.82. The van der Waals surface area contributed by atoms with Gasteiger partial charge in [0.2, 0.25) is 0 Å². The predicted molar refractivity (Wildman–Crippen MR) is 145 cm³/mol. The summed E-state index contributed by atoms with van der Waals surface area (Å²) in [5, 5.41) is 0. The third kappa shape index (κ3) is 6.70. The molecule has 0 heterocycles. The van der Waals surface area contributed by atoms with Crippen LogP contribution in [0.3, 0.4) is 0 Å². The third-order valence-electron chi connectivity index (χ3n) is 5.29. The predicted octanol–water partition coefficient (Wildman–Crippen LogP) is 6.21. The Morgan fingerprint density at radius 2 is 0.919 bits per heavy atom. The zero-order valence-electron chi connectivity index (χ0n) is 20.3. The number of carbonyl (C=O) groups is 2. The Labute approximate surface area is 220 Å². The van der Waals surface area contributed by atoms with Crippen LogP contribution >= 0.6 is 11.8 Å². The maximum absolute atomic E-state index is 11.6. The summed E-state index contributed by atoms with van der Waals surface area (Å²) in [6.45, 7) is 0. The van der Waals surface area contributed by atoms with Crippen molar-refractivity contribution in [2.75, 3.05) is 14.2 Å². The molecular weight excluding hydrogens is 480 g/mol. The number of hydrogen-bond donors (Lipinski definition) is 0. The largest absolute Gasteiger partial charge is 0.465 e. The third-order valence-corrected chi connectivity index (χ3v) is 6.44. The Morgan fingerprint density at radius 1 is 0.541 bits per heavy atom. The Bertz CT molecular complexity index is 1430. The number of methoxy groups -OCH3 is 2. The van der Waals surface area contributed by atoms with Crippen molar-refractivity contribution in [2.45, 2.75) is 9.79 Å². The summed E-state index contributed by atoms with van der Waals surface area (Å²) >= 11 is 1.60. The van der Waals surface area contributed by atoms with Crippen molar-refractivity contribution in [2.24, 2.45) is 0 Å². The SMILES string of the molecule is COC(=O)c1ccc(C#Cc2ccccc2Sc2ccccc2C#Cc2ccc(C(=O)OC)cc2)cc1. The molecule has 0 aliphatic heterocycles. The number of ether oxygens (including phenoxy) is 2. The van der Waals surface area contributed by atoms with E-state index in [0.29, 0.717) is 11.1 Å². The molecule has 0 radical (unpaired) electrons. The van der Waals surface area contributed by atoms with Gasteiger partial charge in [-0.2, -0.15) is 0 Å². The minimum atomic E-state index is -0.374. The van der Waals surface area contributed by atoms with Crippen molar-refractivity contribution in [1.82, 2.24) is 0 Å². The first kappa shape index (κ1) is 25.4. The number of esters is 2. The van der Waals surface area contributed by atoms with Gasteiger partial charge in [0.1, 0.15) is 0 Å². The lowest BCUT2D eigenvalue weighted by Gasteiger charge is -2.06. The molecule has 0 aliphatic carbocycles. The molecule has 0 saturated heterocycles. The monoisotopic (exact) mass is 502 g/mol. The highest BCUT2D eigenvalue weighted by molar-refractivity contribution is 7.99. The topological polar surface area (TPSA) is 52.6 Å². The number of hydrogen-bond acceptors (Lipinski definition) is 5. The molecule has 4 nitrogen and oxygen atoms in total. The van der Waals surface area contributed by atoms with Gasteiger partial charge in [-0.25, -0.2) is 9.59 Å². The van der Waals surface area contributed by atoms with Crippen LogP contribution in [0.1, 0.15) is 43.0 Å². The van der Waals surface area contributed by atoms with Crippen LogP contribution in [-0.2, 0) is 9.47 Å². The van der Waals surface area contributed by atoms with E-state index in [2.05, 4.69) is 23.7 Å². The minimum absolute atomic E-state index is 0.374. The summed E-state index contributed by atoms with van der Waals surface area (Å²) in [7, 11) is 2.72. The van der Waals surface area contributed by atoms with E-state index >= 15 is 0 Å². The lowest BCUT2D eigenvalue weighted by molar-refractivity contribution is 0.0592. The van der Waals surface area contributed by atoms with Gasteiger partial charge in [0, 0.05) is 32.0 Å². The van der Waals surface area contributed by atoms with E-state index in [1.165, 1.54) is 14.2 Å². The van der Waals surface area contributed by atoms with Crippen molar-refractivity contribution >= 4 is 23.7 Å². The first-order valence-electron chi connectivity index (χ1n) is 11.3. The maximum Gasteiger partial charge on any atom is 0.337 e. The summed E-state index contributed by atoms with van der Waals surface area (Å²) in [6, 6.07) is 29.9. The normalized spacial score (nSPS) is 9.78. The van der Waals surface area contributed by atoms with E-state index in [9.17, 15) is 9.59 Å². The average Bonchev–Trinajstić information content (AvgIpc) is 2.96. The van der Waals surface area contributed by atoms with Gasteiger partial charge in [-0.1, -0.05) is 59.7 Å².